The van der Waals surface area contributed by atoms with Crippen molar-refractivity contribution >= 4 is 21.4 Å². The number of hydrogen-bond donors (Lipinski definition) is 1. The van der Waals surface area contributed by atoms with E-state index in [9.17, 15) is 0 Å². The van der Waals surface area contributed by atoms with E-state index in [-0.39, 0.29) is 0 Å². The lowest BCUT2D eigenvalue weighted by molar-refractivity contribution is 0.377. The van der Waals surface area contributed by atoms with E-state index in [4.69, 9.17) is 0 Å². The number of rotatable bonds is 3. The first kappa shape index (κ1) is 12.8. The minimum absolute atomic E-state index is 0.588. The summed E-state index contributed by atoms with van der Waals surface area (Å²) in [6, 6.07) is 0. The summed E-state index contributed by atoms with van der Waals surface area (Å²) < 4.78 is 4.07. The van der Waals surface area contributed by atoms with Crippen LogP contribution in [0.3, 0.4) is 0 Å². The largest absolute Gasteiger partial charge is 0.360 e. The Morgan fingerprint density at radius 2 is 2.29 bits per heavy atom. The number of anilines is 1. The van der Waals surface area contributed by atoms with Gasteiger partial charge in [-0.3, -0.25) is 0 Å². The number of fused-ring (bicyclic) bond motifs is 2. The van der Waals surface area contributed by atoms with Crippen molar-refractivity contribution in [3.8, 4) is 0 Å². The van der Waals surface area contributed by atoms with Crippen molar-refractivity contribution in [1.29, 1.82) is 0 Å². The van der Waals surface area contributed by atoms with Gasteiger partial charge in [0.05, 0.1) is 11.9 Å². The summed E-state index contributed by atoms with van der Waals surface area (Å²) in [5.41, 5.74) is 1.00. The summed E-state index contributed by atoms with van der Waals surface area (Å²) in [7, 11) is 0. The molecule has 1 N–H and O–H groups in total. The maximum absolute atomic E-state index is 4.50. The molecule has 0 radical (unpaired) electrons. The van der Waals surface area contributed by atoms with E-state index in [0.717, 1.165) is 53.4 Å². The quantitative estimate of drug-likeness (QED) is 0.797. The van der Waals surface area contributed by atoms with Gasteiger partial charge in [0, 0.05) is 19.5 Å². The average Bonchev–Trinajstić information content (AvgIpc) is 3.10. The zero-order valence-electron chi connectivity index (χ0n) is 12.1. The minimum Gasteiger partial charge on any atom is -0.360 e. The van der Waals surface area contributed by atoms with E-state index in [2.05, 4.69) is 30.2 Å². The van der Waals surface area contributed by atoms with Crippen molar-refractivity contribution in [1.82, 2.24) is 29.4 Å². The predicted molar refractivity (Wildman–Crippen MR) is 80.7 cm³/mol. The molecule has 0 aromatic carbocycles. The summed E-state index contributed by atoms with van der Waals surface area (Å²) in [5.74, 6) is 2.72. The number of imidazole rings is 1. The topological polar surface area (TPSA) is 72.9 Å². The molecule has 0 saturated carbocycles. The first-order valence-electron chi connectivity index (χ1n) is 7.14. The zero-order valence-corrected chi connectivity index (χ0v) is 12.9. The van der Waals surface area contributed by atoms with Gasteiger partial charge < -0.3 is 9.88 Å². The van der Waals surface area contributed by atoms with E-state index in [1.165, 1.54) is 0 Å². The van der Waals surface area contributed by atoms with Gasteiger partial charge in [-0.1, -0.05) is 11.3 Å². The summed E-state index contributed by atoms with van der Waals surface area (Å²) in [6.07, 6.45) is 4.10. The molecule has 3 aromatic heterocycles. The molecule has 0 fully saturated rings. The standard InChI is InChI=1S/C13H17N7S/c1-8-6-20-13(15-8)21-12(18-20)14-5-10-3-4-11-17-16-9(2)19(11)7-10/h6,10H,3-5,7H2,1-2H3,(H,14,18)/t10-/m1/s1. The predicted octanol–water partition coefficient (Wildman–Crippen LogP) is 1.67. The third kappa shape index (κ3) is 2.29. The third-order valence-electron chi connectivity index (χ3n) is 3.93. The molecule has 1 atom stereocenters. The molecule has 3 aromatic rings. The lowest BCUT2D eigenvalue weighted by Gasteiger charge is -2.23. The highest BCUT2D eigenvalue weighted by molar-refractivity contribution is 7.20. The highest BCUT2D eigenvalue weighted by Crippen LogP contribution is 2.23. The molecule has 0 amide bonds. The zero-order chi connectivity index (χ0) is 14.4. The van der Waals surface area contributed by atoms with Gasteiger partial charge in [0.2, 0.25) is 10.1 Å². The van der Waals surface area contributed by atoms with Crippen LogP contribution in [0, 0.1) is 19.8 Å². The van der Waals surface area contributed by atoms with Crippen molar-refractivity contribution in [2.45, 2.75) is 33.2 Å². The highest BCUT2D eigenvalue weighted by Gasteiger charge is 2.21. The second kappa shape index (κ2) is 4.80. The van der Waals surface area contributed by atoms with Crippen LogP contribution in [0.5, 0.6) is 0 Å². The van der Waals surface area contributed by atoms with Crippen molar-refractivity contribution in [3.63, 3.8) is 0 Å². The molecule has 4 heterocycles. The van der Waals surface area contributed by atoms with Crippen LogP contribution in [0.15, 0.2) is 6.20 Å². The fraction of sp³-hybridized carbons (Fsp3) is 0.538. The molecule has 1 aliphatic rings. The van der Waals surface area contributed by atoms with E-state index in [1.54, 1.807) is 11.3 Å². The van der Waals surface area contributed by atoms with E-state index < -0.39 is 0 Å². The Labute approximate surface area is 126 Å². The van der Waals surface area contributed by atoms with Crippen LogP contribution in [-0.2, 0) is 13.0 Å². The molecule has 7 nitrogen and oxygen atoms in total. The number of aromatic nitrogens is 6. The van der Waals surface area contributed by atoms with Crippen LogP contribution in [0.2, 0.25) is 0 Å². The lowest BCUT2D eigenvalue weighted by Crippen LogP contribution is -2.26. The fourth-order valence-corrected chi connectivity index (χ4v) is 3.64. The molecule has 0 saturated heterocycles. The summed E-state index contributed by atoms with van der Waals surface area (Å²) in [4.78, 5) is 5.36. The molecular weight excluding hydrogens is 286 g/mol. The number of hydrogen-bond acceptors (Lipinski definition) is 6. The molecule has 0 bridgehead atoms. The van der Waals surface area contributed by atoms with Crippen molar-refractivity contribution in [2.75, 3.05) is 11.9 Å². The first-order valence-corrected chi connectivity index (χ1v) is 7.96. The Morgan fingerprint density at radius 1 is 1.38 bits per heavy atom. The van der Waals surface area contributed by atoms with E-state index >= 15 is 0 Å². The Morgan fingerprint density at radius 3 is 3.14 bits per heavy atom. The normalized spacial score (nSPS) is 18.1. The molecular formula is C13H17N7S. The van der Waals surface area contributed by atoms with Crippen LogP contribution in [0.25, 0.3) is 4.96 Å². The van der Waals surface area contributed by atoms with Gasteiger partial charge in [-0.15, -0.1) is 15.3 Å². The number of aryl methyl sites for hydroxylation is 3. The van der Waals surface area contributed by atoms with Crippen LogP contribution >= 0.6 is 11.3 Å². The lowest BCUT2D eigenvalue weighted by atomic mass is 9.99. The van der Waals surface area contributed by atoms with Gasteiger partial charge in [-0.2, -0.15) is 0 Å². The smallest absolute Gasteiger partial charge is 0.214 e. The van der Waals surface area contributed by atoms with E-state index in [1.807, 2.05) is 24.6 Å². The Balaban J connectivity index is 1.43. The molecule has 8 heteroatoms. The average molecular weight is 303 g/mol. The molecule has 110 valence electrons. The molecule has 21 heavy (non-hydrogen) atoms. The second-order valence-electron chi connectivity index (χ2n) is 5.58. The van der Waals surface area contributed by atoms with Gasteiger partial charge in [0.1, 0.15) is 11.6 Å². The molecule has 4 rings (SSSR count). The maximum atomic E-state index is 4.50. The van der Waals surface area contributed by atoms with Gasteiger partial charge in [0.25, 0.3) is 0 Å². The van der Waals surface area contributed by atoms with Crippen LogP contribution < -0.4 is 5.32 Å². The molecule has 0 unspecified atom stereocenters. The van der Waals surface area contributed by atoms with Gasteiger partial charge in [0.15, 0.2) is 0 Å². The van der Waals surface area contributed by atoms with Crippen LogP contribution in [-0.4, -0.2) is 35.9 Å². The van der Waals surface area contributed by atoms with Crippen molar-refractivity contribution in [2.24, 2.45) is 5.92 Å². The van der Waals surface area contributed by atoms with E-state index in [0.29, 0.717) is 5.92 Å². The maximum Gasteiger partial charge on any atom is 0.214 e. The first-order chi connectivity index (χ1) is 10.2. The Kier molecular flexibility index (Phi) is 2.91. The van der Waals surface area contributed by atoms with Gasteiger partial charge in [-0.25, -0.2) is 9.50 Å². The fourth-order valence-electron chi connectivity index (χ4n) is 2.81. The third-order valence-corrected chi connectivity index (χ3v) is 4.82. The van der Waals surface area contributed by atoms with Crippen molar-refractivity contribution < 1.29 is 0 Å². The monoisotopic (exact) mass is 303 g/mol. The highest BCUT2D eigenvalue weighted by atomic mass is 32.1. The molecule has 0 aliphatic carbocycles. The van der Waals surface area contributed by atoms with Gasteiger partial charge >= 0.3 is 0 Å². The number of nitrogens with zero attached hydrogens (tertiary/aromatic N) is 6. The Hall–Kier alpha value is -1.96. The Bertz CT molecular complexity index is 752. The SMILES string of the molecule is Cc1cn2nc(NC[C@H]3CCc4nnc(C)n4C3)sc2n1. The van der Waals surface area contributed by atoms with Gasteiger partial charge in [-0.05, 0) is 26.2 Å². The number of nitrogens with one attached hydrogen (secondary N) is 1. The summed E-state index contributed by atoms with van der Waals surface area (Å²) in [6.45, 7) is 5.91. The molecule has 0 spiro atoms. The van der Waals surface area contributed by atoms with Crippen molar-refractivity contribution in [3.05, 3.63) is 23.5 Å². The summed E-state index contributed by atoms with van der Waals surface area (Å²) >= 11 is 1.60. The second-order valence-corrected chi connectivity index (χ2v) is 6.53. The molecule has 1 aliphatic heterocycles. The minimum atomic E-state index is 0.588. The summed E-state index contributed by atoms with van der Waals surface area (Å²) in [5, 5.41) is 17.2. The van der Waals surface area contributed by atoms with Crippen LogP contribution in [0.4, 0.5) is 5.13 Å². The van der Waals surface area contributed by atoms with Crippen LogP contribution in [0.1, 0.15) is 23.8 Å².